The largest absolute Gasteiger partial charge is 0.318 e. The number of hydrogen-bond donors (Lipinski definition) is 0. The Kier molecular flexibility index (Phi) is 4.28. The molecule has 6 nitrogen and oxygen atoms in total. The van der Waals surface area contributed by atoms with Crippen molar-refractivity contribution in [2.24, 2.45) is 0 Å². The van der Waals surface area contributed by atoms with Gasteiger partial charge in [-0.3, -0.25) is 9.59 Å². The molecule has 0 aliphatic carbocycles. The second-order valence-corrected chi connectivity index (χ2v) is 8.13. The summed E-state index contributed by atoms with van der Waals surface area (Å²) in [5.41, 5.74) is 2.35. The number of carbonyl (C=O) groups is 2. The molecule has 0 bridgehead atoms. The summed E-state index contributed by atoms with van der Waals surface area (Å²) >= 11 is 0. The molecular formula is C21H17NO5S. The molecule has 1 heterocycles. The van der Waals surface area contributed by atoms with Gasteiger partial charge in [0.1, 0.15) is 0 Å². The fraction of sp³-hybridized carbons (Fsp3) is 0.143. The van der Waals surface area contributed by atoms with Crippen LogP contribution in [0.2, 0.25) is 0 Å². The van der Waals surface area contributed by atoms with E-state index in [0.717, 1.165) is 22.9 Å². The minimum absolute atomic E-state index is 0.135. The molecule has 0 unspecified atom stereocenters. The van der Waals surface area contributed by atoms with Gasteiger partial charge in [-0.15, -0.1) is 9.35 Å². The zero-order valence-electron chi connectivity index (χ0n) is 15.3. The molecule has 4 rings (SSSR count). The summed E-state index contributed by atoms with van der Waals surface area (Å²) in [4.78, 5) is 25.6. The van der Waals surface area contributed by atoms with Crippen LogP contribution >= 0.6 is 0 Å². The molecule has 1 aliphatic heterocycles. The van der Waals surface area contributed by atoms with Crippen molar-refractivity contribution in [3.63, 3.8) is 0 Å². The molecule has 0 aromatic heterocycles. The number of aryl methyl sites for hydroxylation is 2. The molecule has 142 valence electrons. The van der Waals surface area contributed by atoms with Crippen molar-refractivity contribution in [2.45, 2.75) is 25.2 Å². The standard InChI is InChI=1S/C21H17NO5S/c1-3-14-9-12-18-19-16(14)5-4-6-17(19)20(23)22(21(18)24)27-28(25,26)15-10-7-13(2)8-11-15/h4-12H,3H2,1-2H3. The van der Waals surface area contributed by atoms with E-state index in [1.807, 2.05) is 26.0 Å². The average Bonchev–Trinajstić information content (AvgIpc) is 2.69. The molecule has 3 aromatic rings. The van der Waals surface area contributed by atoms with Crippen LogP contribution in [0.4, 0.5) is 0 Å². The third kappa shape index (κ3) is 2.80. The van der Waals surface area contributed by atoms with Gasteiger partial charge in [0, 0.05) is 5.39 Å². The Morgan fingerprint density at radius 3 is 2.18 bits per heavy atom. The molecule has 0 saturated carbocycles. The third-order valence-corrected chi connectivity index (χ3v) is 6.02. The van der Waals surface area contributed by atoms with Crippen molar-refractivity contribution in [3.05, 3.63) is 76.9 Å². The second kappa shape index (κ2) is 6.54. The molecule has 0 N–H and O–H groups in total. The van der Waals surface area contributed by atoms with Crippen LogP contribution in [0, 0.1) is 6.92 Å². The Morgan fingerprint density at radius 2 is 1.54 bits per heavy atom. The number of hydrogen-bond acceptors (Lipinski definition) is 5. The summed E-state index contributed by atoms with van der Waals surface area (Å²) in [6.45, 7) is 3.80. The van der Waals surface area contributed by atoms with Crippen LogP contribution in [0.15, 0.2) is 59.5 Å². The Hall–Kier alpha value is -3.03. The zero-order valence-corrected chi connectivity index (χ0v) is 16.1. The van der Waals surface area contributed by atoms with Gasteiger partial charge in [0.05, 0.1) is 16.0 Å². The zero-order chi connectivity index (χ0) is 20.1. The Balaban J connectivity index is 1.80. The van der Waals surface area contributed by atoms with Gasteiger partial charge in [-0.2, -0.15) is 8.42 Å². The minimum Gasteiger partial charge on any atom is -0.266 e. The molecule has 3 aromatic carbocycles. The van der Waals surface area contributed by atoms with Crippen molar-refractivity contribution in [1.82, 2.24) is 5.06 Å². The van der Waals surface area contributed by atoms with E-state index in [-0.39, 0.29) is 16.0 Å². The van der Waals surface area contributed by atoms with Gasteiger partial charge in [-0.1, -0.05) is 42.8 Å². The van der Waals surface area contributed by atoms with Gasteiger partial charge in [-0.25, -0.2) is 0 Å². The number of hydroxylamine groups is 2. The van der Waals surface area contributed by atoms with Crippen LogP contribution in [-0.4, -0.2) is 25.3 Å². The van der Waals surface area contributed by atoms with Crippen molar-refractivity contribution in [1.29, 1.82) is 0 Å². The van der Waals surface area contributed by atoms with E-state index in [0.29, 0.717) is 10.4 Å². The maximum absolute atomic E-state index is 12.9. The SMILES string of the molecule is CCc1ccc2c3c(cccc13)C(=O)N(OS(=O)(=O)c1ccc(C)cc1)C2=O. The van der Waals surface area contributed by atoms with E-state index < -0.39 is 21.9 Å². The highest BCUT2D eigenvalue weighted by molar-refractivity contribution is 7.86. The summed E-state index contributed by atoms with van der Waals surface area (Å²) in [5.74, 6) is -1.60. The number of amides is 2. The molecule has 28 heavy (non-hydrogen) atoms. The molecule has 2 amide bonds. The highest BCUT2D eigenvalue weighted by Gasteiger charge is 2.37. The van der Waals surface area contributed by atoms with Crippen LogP contribution < -0.4 is 0 Å². The van der Waals surface area contributed by atoms with Gasteiger partial charge < -0.3 is 0 Å². The van der Waals surface area contributed by atoms with Gasteiger partial charge >= 0.3 is 10.1 Å². The fourth-order valence-electron chi connectivity index (χ4n) is 3.36. The Labute approximate surface area is 162 Å². The minimum atomic E-state index is -4.34. The first kappa shape index (κ1) is 18.3. The van der Waals surface area contributed by atoms with Crippen molar-refractivity contribution >= 4 is 32.7 Å². The molecule has 1 aliphatic rings. The van der Waals surface area contributed by atoms with Gasteiger partial charge in [0.25, 0.3) is 11.8 Å². The smallest absolute Gasteiger partial charge is 0.266 e. The third-order valence-electron chi connectivity index (χ3n) is 4.82. The average molecular weight is 395 g/mol. The van der Waals surface area contributed by atoms with Gasteiger partial charge in [-0.05, 0) is 48.6 Å². The lowest BCUT2D eigenvalue weighted by Gasteiger charge is -2.26. The maximum atomic E-state index is 12.9. The summed E-state index contributed by atoms with van der Waals surface area (Å²) in [7, 11) is -4.34. The van der Waals surface area contributed by atoms with Crippen LogP contribution in [0.3, 0.4) is 0 Å². The Bertz CT molecular complexity index is 1210. The molecule has 0 saturated heterocycles. The molecular weight excluding hydrogens is 378 g/mol. The predicted octanol–water partition coefficient (Wildman–Crippen LogP) is 3.63. The van der Waals surface area contributed by atoms with Crippen LogP contribution in [-0.2, 0) is 20.8 Å². The van der Waals surface area contributed by atoms with Crippen molar-refractivity contribution in [2.75, 3.05) is 0 Å². The second-order valence-electron chi connectivity index (χ2n) is 6.60. The van der Waals surface area contributed by atoms with Crippen LogP contribution in [0.25, 0.3) is 10.8 Å². The van der Waals surface area contributed by atoms with Gasteiger partial charge in [0.15, 0.2) is 0 Å². The van der Waals surface area contributed by atoms with E-state index >= 15 is 0 Å². The van der Waals surface area contributed by atoms with E-state index in [4.69, 9.17) is 4.28 Å². The summed E-state index contributed by atoms with van der Waals surface area (Å²) in [6, 6.07) is 14.5. The number of benzene rings is 3. The molecule has 0 spiro atoms. The quantitative estimate of drug-likeness (QED) is 0.630. The van der Waals surface area contributed by atoms with E-state index in [1.165, 1.54) is 12.1 Å². The lowest BCUT2D eigenvalue weighted by molar-refractivity contribution is -0.0155. The number of rotatable bonds is 4. The predicted molar refractivity (Wildman–Crippen MR) is 103 cm³/mol. The first-order valence-electron chi connectivity index (χ1n) is 8.78. The number of carbonyl (C=O) groups excluding carboxylic acids is 2. The Morgan fingerprint density at radius 1 is 0.893 bits per heavy atom. The van der Waals surface area contributed by atoms with Gasteiger partial charge in [0.2, 0.25) is 0 Å². The summed E-state index contributed by atoms with van der Waals surface area (Å²) in [5, 5.41) is 1.67. The fourth-order valence-corrected chi connectivity index (χ4v) is 4.24. The topological polar surface area (TPSA) is 80.8 Å². The normalized spacial score (nSPS) is 14.0. The first-order valence-corrected chi connectivity index (χ1v) is 10.2. The first-order chi connectivity index (χ1) is 13.3. The summed E-state index contributed by atoms with van der Waals surface area (Å²) < 4.78 is 30.2. The highest BCUT2D eigenvalue weighted by atomic mass is 32.2. The lowest BCUT2D eigenvalue weighted by atomic mass is 9.91. The monoisotopic (exact) mass is 395 g/mol. The van der Waals surface area contributed by atoms with Crippen LogP contribution in [0.1, 0.15) is 38.8 Å². The number of imide groups is 1. The highest BCUT2D eigenvalue weighted by Crippen LogP contribution is 2.33. The van der Waals surface area contributed by atoms with Crippen LogP contribution in [0.5, 0.6) is 0 Å². The van der Waals surface area contributed by atoms with E-state index in [9.17, 15) is 18.0 Å². The molecule has 0 radical (unpaired) electrons. The lowest BCUT2D eigenvalue weighted by Crippen LogP contribution is -2.41. The molecule has 0 fully saturated rings. The van der Waals surface area contributed by atoms with Crippen molar-refractivity contribution in [3.8, 4) is 0 Å². The number of nitrogens with zero attached hydrogens (tertiary/aromatic N) is 1. The van der Waals surface area contributed by atoms with E-state index in [2.05, 4.69) is 0 Å². The molecule has 0 atom stereocenters. The van der Waals surface area contributed by atoms with E-state index in [1.54, 1.807) is 30.3 Å². The summed E-state index contributed by atoms with van der Waals surface area (Å²) in [6.07, 6.45) is 0.741. The maximum Gasteiger partial charge on any atom is 0.318 e. The van der Waals surface area contributed by atoms with Crippen molar-refractivity contribution < 1.29 is 22.3 Å². The molecule has 7 heteroatoms.